The van der Waals surface area contributed by atoms with Crippen LogP contribution in [0.4, 0.5) is 5.69 Å². The summed E-state index contributed by atoms with van der Waals surface area (Å²) in [6, 6.07) is 5.53. The number of hydrogen-bond acceptors (Lipinski definition) is 5. The molecule has 96 valence electrons. The Kier molecular flexibility index (Phi) is 5.01. The molecule has 0 atom stereocenters. The number of nitrogens with zero attached hydrogens (tertiary/aromatic N) is 1. The lowest BCUT2D eigenvalue weighted by Crippen LogP contribution is -2.10. The molecule has 0 amide bonds. The second-order valence-electron chi connectivity index (χ2n) is 3.41. The summed E-state index contributed by atoms with van der Waals surface area (Å²) in [6.07, 6.45) is 0. The first-order valence-corrected chi connectivity index (χ1v) is 5.16. The minimum Gasteiger partial charge on any atom is -0.460 e. The maximum absolute atomic E-state index is 11.5. The van der Waals surface area contributed by atoms with Crippen molar-refractivity contribution in [2.45, 2.75) is 0 Å². The van der Waals surface area contributed by atoms with Crippen molar-refractivity contribution >= 4 is 17.2 Å². The van der Waals surface area contributed by atoms with E-state index in [-0.39, 0.29) is 17.9 Å². The minimum atomic E-state index is -0.569. The predicted octanol–water partition coefficient (Wildman–Crippen LogP) is 1.80. The van der Waals surface area contributed by atoms with Crippen molar-refractivity contribution in [3.63, 3.8) is 0 Å². The highest BCUT2D eigenvalue weighted by Gasteiger charge is 2.12. The van der Waals surface area contributed by atoms with Gasteiger partial charge in [-0.25, -0.2) is 4.79 Å². The molecule has 0 bridgehead atoms. The highest BCUT2D eigenvalue weighted by molar-refractivity contribution is 6.15. The number of hydrogen-bond donors (Lipinski definition) is 0. The van der Waals surface area contributed by atoms with E-state index in [0.29, 0.717) is 12.2 Å². The standard InChI is InChI=1S/C12H13NO5/c1-9(12(14)18-8-7-17-2)10-3-5-11(6-4-10)13(15)16/h3-6H,1,7-8H2,2H3. The highest BCUT2D eigenvalue weighted by Crippen LogP contribution is 2.18. The van der Waals surface area contributed by atoms with Crippen molar-refractivity contribution in [1.29, 1.82) is 0 Å². The average molecular weight is 251 g/mol. The molecular formula is C12H13NO5. The maximum atomic E-state index is 11.5. The van der Waals surface area contributed by atoms with E-state index in [9.17, 15) is 14.9 Å². The van der Waals surface area contributed by atoms with Crippen molar-refractivity contribution in [2.75, 3.05) is 20.3 Å². The van der Waals surface area contributed by atoms with Gasteiger partial charge in [0.2, 0.25) is 0 Å². The van der Waals surface area contributed by atoms with E-state index in [2.05, 4.69) is 6.58 Å². The van der Waals surface area contributed by atoms with Gasteiger partial charge < -0.3 is 9.47 Å². The largest absolute Gasteiger partial charge is 0.460 e. The Morgan fingerprint density at radius 3 is 2.44 bits per heavy atom. The molecule has 0 spiro atoms. The molecule has 1 aromatic rings. The average Bonchev–Trinajstić information content (AvgIpc) is 2.38. The molecular weight excluding hydrogens is 238 g/mol. The van der Waals surface area contributed by atoms with E-state index in [1.165, 1.54) is 31.4 Å². The van der Waals surface area contributed by atoms with Crippen LogP contribution in [0.3, 0.4) is 0 Å². The van der Waals surface area contributed by atoms with E-state index in [4.69, 9.17) is 9.47 Å². The van der Waals surface area contributed by atoms with Crippen LogP contribution in [-0.4, -0.2) is 31.2 Å². The van der Waals surface area contributed by atoms with Crippen LogP contribution in [-0.2, 0) is 14.3 Å². The summed E-state index contributed by atoms with van der Waals surface area (Å²) in [4.78, 5) is 21.5. The van der Waals surface area contributed by atoms with Gasteiger partial charge in [-0.1, -0.05) is 6.58 Å². The lowest BCUT2D eigenvalue weighted by molar-refractivity contribution is -0.384. The minimum absolute atomic E-state index is 0.0423. The van der Waals surface area contributed by atoms with Crippen LogP contribution in [0.15, 0.2) is 30.8 Å². The van der Waals surface area contributed by atoms with E-state index < -0.39 is 10.9 Å². The molecule has 6 nitrogen and oxygen atoms in total. The molecule has 6 heteroatoms. The van der Waals surface area contributed by atoms with Crippen LogP contribution in [0.5, 0.6) is 0 Å². The number of methoxy groups -OCH3 is 1. The van der Waals surface area contributed by atoms with Gasteiger partial charge in [-0.3, -0.25) is 10.1 Å². The van der Waals surface area contributed by atoms with Gasteiger partial charge in [-0.2, -0.15) is 0 Å². The zero-order valence-corrected chi connectivity index (χ0v) is 9.92. The Morgan fingerprint density at radius 2 is 1.94 bits per heavy atom. The summed E-state index contributed by atoms with van der Waals surface area (Å²) in [5.74, 6) is -0.569. The zero-order chi connectivity index (χ0) is 13.5. The molecule has 0 radical (unpaired) electrons. The smallest absolute Gasteiger partial charge is 0.338 e. The van der Waals surface area contributed by atoms with Crippen molar-refractivity contribution < 1.29 is 19.2 Å². The molecule has 0 saturated heterocycles. The number of ether oxygens (including phenoxy) is 2. The molecule has 0 saturated carbocycles. The molecule has 0 aliphatic carbocycles. The number of nitro benzene ring substituents is 1. The van der Waals surface area contributed by atoms with Gasteiger partial charge in [0.05, 0.1) is 17.1 Å². The summed E-state index contributed by atoms with van der Waals surface area (Å²) in [5, 5.41) is 10.5. The lowest BCUT2D eigenvalue weighted by atomic mass is 10.1. The molecule has 0 heterocycles. The van der Waals surface area contributed by atoms with Crippen LogP contribution >= 0.6 is 0 Å². The number of carbonyl (C=O) groups is 1. The number of esters is 1. The second kappa shape index (κ2) is 6.51. The Balaban J connectivity index is 2.66. The van der Waals surface area contributed by atoms with Crippen LogP contribution < -0.4 is 0 Å². The van der Waals surface area contributed by atoms with Gasteiger partial charge in [0.1, 0.15) is 6.61 Å². The summed E-state index contributed by atoms with van der Waals surface area (Å²) in [7, 11) is 1.50. The van der Waals surface area contributed by atoms with Gasteiger partial charge in [0, 0.05) is 19.2 Å². The maximum Gasteiger partial charge on any atom is 0.338 e. The third-order valence-electron chi connectivity index (χ3n) is 2.19. The first-order valence-electron chi connectivity index (χ1n) is 5.16. The number of rotatable bonds is 6. The van der Waals surface area contributed by atoms with E-state index in [0.717, 1.165) is 0 Å². The lowest BCUT2D eigenvalue weighted by Gasteiger charge is -2.06. The van der Waals surface area contributed by atoms with E-state index >= 15 is 0 Å². The number of non-ortho nitro benzene ring substituents is 1. The van der Waals surface area contributed by atoms with Gasteiger partial charge >= 0.3 is 5.97 Å². The summed E-state index contributed by atoms with van der Waals surface area (Å²) in [6.45, 7) is 4.04. The molecule has 1 aromatic carbocycles. The molecule has 18 heavy (non-hydrogen) atoms. The first kappa shape index (κ1) is 13.9. The van der Waals surface area contributed by atoms with Gasteiger partial charge in [-0.05, 0) is 17.7 Å². The second-order valence-corrected chi connectivity index (χ2v) is 3.41. The third-order valence-corrected chi connectivity index (χ3v) is 2.19. The first-order chi connectivity index (χ1) is 8.56. The topological polar surface area (TPSA) is 78.7 Å². The van der Waals surface area contributed by atoms with Crippen molar-refractivity contribution in [3.05, 3.63) is 46.5 Å². The Hall–Kier alpha value is -2.21. The van der Waals surface area contributed by atoms with Crippen molar-refractivity contribution in [1.82, 2.24) is 0 Å². The highest BCUT2D eigenvalue weighted by atomic mass is 16.6. The zero-order valence-electron chi connectivity index (χ0n) is 9.92. The number of carbonyl (C=O) groups excluding carboxylic acids is 1. The monoisotopic (exact) mass is 251 g/mol. The summed E-state index contributed by atoms with van der Waals surface area (Å²) >= 11 is 0. The molecule has 0 N–H and O–H groups in total. The molecule has 0 fully saturated rings. The van der Waals surface area contributed by atoms with Crippen LogP contribution in [0.1, 0.15) is 5.56 Å². The van der Waals surface area contributed by atoms with Crippen LogP contribution in [0, 0.1) is 10.1 Å². The van der Waals surface area contributed by atoms with Crippen LogP contribution in [0.2, 0.25) is 0 Å². The van der Waals surface area contributed by atoms with E-state index in [1.54, 1.807) is 0 Å². The fourth-order valence-electron chi connectivity index (χ4n) is 1.21. The van der Waals surface area contributed by atoms with Gasteiger partial charge in [0.15, 0.2) is 0 Å². The number of nitro groups is 1. The third kappa shape index (κ3) is 3.67. The van der Waals surface area contributed by atoms with E-state index in [1.807, 2.05) is 0 Å². The quantitative estimate of drug-likeness (QED) is 0.253. The molecule has 0 aliphatic rings. The fourth-order valence-corrected chi connectivity index (χ4v) is 1.21. The SMILES string of the molecule is C=C(C(=O)OCCOC)c1ccc([N+](=O)[O-])cc1. The summed E-state index contributed by atoms with van der Waals surface area (Å²) < 4.78 is 9.62. The van der Waals surface area contributed by atoms with Gasteiger partial charge in [-0.15, -0.1) is 0 Å². The molecule has 1 rings (SSSR count). The normalized spacial score (nSPS) is 9.83. The molecule has 0 unspecified atom stereocenters. The molecule has 0 aliphatic heterocycles. The Labute approximate surface area is 104 Å². The Bertz CT molecular complexity index is 452. The van der Waals surface area contributed by atoms with Gasteiger partial charge in [0.25, 0.3) is 5.69 Å². The fraction of sp³-hybridized carbons (Fsp3) is 0.250. The summed E-state index contributed by atoms with van der Waals surface area (Å²) in [5.41, 5.74) is 0.600. The van der Waals surface area contributed by atoms with Crippen molar-refractivity contribution in [2.24, 2.45) is 0 Å². The van der Waals surface area contributed by atoms with Crippen LogP contribution in [0.25, 0.3) is 5.57 Å². The number of benzene rings is 1. The predicted molar refractivity (Wildman–Crippen MR) is 65.0 cm³/mol. The Morgan fingerprint density at radius 1 is 1.33 bits per heavy atom. The molecule has 0 aromatic heterocycles. The van der Waals surface area contributed by atoms with Crippen molar-refractivity contribution in [3.8, 4) is 0 Å².